The Morgan fingerprint density at radius 1 is 1.47 bits per heavy atom. The number of carboxylic acid groups (broad SMARTS) is 1. The third kappa shape index (κ3) is 2.16. The van der Waals surface area contributed by atoms with Crippen molar-refractivity contribution in [3.63, 3.8) is 0 Å². The predicted molar refractivity (Wildman–Crippen MR) is 56.1 cm³/mol. The number of hydrogen-bond donors (Lipinski definition) is 2. The molecular weight excluding hydrogens is 227 g/mol. The van der Waals surface area contributed by atoms with Crippen LogP contribution in [0.1, 0.15) is 11.7 Å². The Morgan fingerprint density at radius 3 is 2.76 bits per heavy atom. The topological polar surface area (TPSA) is 75.3 Å². The minimum atomic E-state index is -1.73. The van der Waals surface area contributed by atoms with Crippen LogP contribution in [0, 0.1) is 5.82 Å². The first-order chi connectivity index (χ1) is 8.09. The maximum absolute atomic E-state index is 13.7. The summed E-state index contributed by atoms with van der Waals surface area (Å²) in [5, 5.41) is 21.7. The normalized spacial score (nSPS) is 12.4. The monoisotopic (exact) mass is 236 g/mol. The molecule has 2 N–H and O–H groups in total. The van der Waals surface area contributed by atoms with E-state index in [0.717, 1.165) is 6.07 Å². The number of aliphatic hydroxyl groups excluding tert-OH is 1. The molecule has 0 aliphatic carbocycles. The van der Waals surface area contributed by atoms with Crippen molar-refractivity contribution in [2.45, 2.75) is 6.10 Å². The van der Waals surface area contributed by atoms with Gasteiger partial charge in [-0.05, 0) is 23.8 Å². The lowest BCUT2D eigenvalue weighted by atomic mass is 10.1. The third-order valence-electron chi connectivity index (χ3n) is 2.27. The summed E-state index contributed by atoms with van der Waals surface area (Å²) in [6.07, 6.45) is 1.33. The van der Waals surface area contributed by atoms with Gasteiger partial charge in [0.25, 0.3) is 0 Å². The first-order valence-electron chi connectivity index (χ1n) is 4.80. The molecule has 6 heteroatoms. The van der Waals surface area contributed by atoms with E-state index in [1.165, 1.54) is 23.0 Å². The quantitative estimate of drug-likeness (QED) is 0.837. The van der Waals surface area contributed by atoms with Gasteiger partial charge in [-0.25, -0.2) is 13.9 Å². The van der Waals surface area contributed by atoms with Crippen LogP contribution in [-0.2, 0) is 4.79 Å². The summed E-state index contributed by atoms with van der Waals surface area (Å²) in [5.41, 5.74) is 0.183. The molecule has 0 aliphatic rings. The van der Waals surface area contributed by atoms with E-state index in [-0.39, 0.29) is 11.3 Å². The van der Waals surface area contributed by atoms with E-state index >= 15 is 0 Å². The first-order valence-corrected chi connectivity index (χ1v) is 4.80. The van der Waals surface area contributed by atoms with Crippen LogP contribution in [0.4, 0.5) is 4.39 Å². The van der Waals surface area contributed by atoms with E-state index in [9.17, 15) is 14.3 Å². The number of benzene rings is 1. The molecule has 1 aromatic heterocycles. The average molecular weight is 236 g/mol. The lowest BCUT2D eigenvalue weighted by Crippen LogP contribution is -2.11. The molecule has 5 nitrogen and oxygen atoms in total. The van der Waals surface area contributed by atoms with Gasteiger partial charge in [-0.1, -0.05) is 6.07 Å². The predicted octanol–water partition coefficient (Wildman–Crippen LogP) is 1.13. The fourth-order valence-corrected chi connectivity index (χ4v) is 1.43. The molecule has 0 spiro atoms. The van der Waals surface area contributed by atoms with Gasteiger partial charge < -0.3 is 10.2 Å². The van der Waals surface area contributed by atoms with Crippen LogP contribution in [-0.4, -0.2) is 26.0 Å². The number of carboxylic acids is 1. The Balaban J connectivity index is 2.39. The van der Waals surface area contributed by atoms with Gasteiger partial charge in [0.1, 0.15) is 11.5 Å². The second-order valence-corrected chi connectivity index (χ2v) is 3.40. The Hall–Kier alpha value is -2.21. The molecule has 1 atom stereocenters. The van der Waals surface area contributed by atoms with Crippen LogP contribution < -0.4 is 0 Å². The van der Waals surface area contributed by atoms with Crippen molar-refractivity contribution >= 4 is 5.97 Å². The molecule has 1 unspecified atom stereocenters. The molecule has 0 radical (unpaired) electrons. The van der Waals surface area contributed by atoms with Gasteiger partial charge in [-0.15, -0.1) is 0 Å². The summed E-state index contributed by atoms with van der Waals surface area (Å²) in [6.45, 7) is 0. The fourth-order valence-electron chi connectivity index (χ4n) is 1.43. The lowest BCUT2D eigenvalue weighted by molar-refractivity contribution is -0.146. The fraction of sp³-hybridized carbons (Fsp3) is 0.0909. The second-order valence-electron chi connectivity index (χ2n) is 3.40. The van der Waals surface area contributed by atoms with Crippen molar-refractivity contribution in [1.82, 2.24) is 9.78 Å². The van der Waals surface area contributed by atoms with E-state index in [1.807, 2.05) is 0 Å². The highest BCUT2D eigenvalue weighted by atomic mass is 19.1. The molecule has 88 valence electrons. The molecule has 2 aromatic rings. The maximum Gasteiger partial charge on any atom is 0.337 e. The lowest BCUT2D eigenvalue weighted by Gasteiger charge is -2.08. The molecule has 0 fully saturated rings. The molecule has 0 saturated carbocycles. The average Bonchev–Trinajstić information content (AvgIpc) is 2.81. The highest BCUT2D eigenvalue weighted by Crippen LogP contribution is 2.19. The molecule has 1 aromatic carbocycles. The zero-order chi connectivity index (χ0) is 12.4. The highest BCUT2D eigenvalue weighted by molar-refractivity contribution is 5.74. The number of halogens is 1. The van der Waals surface area contributed by atoms with Crippen LogP contribution in [0.5, 0.6) is 0 Å². The van der Waals surface area contributed by atoms with Crippen molar-refractivity contribution in [3.8, 4) is 5.69 Å². The van der Waals surface area contributed by atoms with E-state index in [4.69, 9.17) is 5.11 Å². The number of carbonyl (C=O) groups is 1. The Morgan fingerprint density at radius 2 is 2.24 bits per heavy atom. The molecule has 1 heterocycles. The number of aromatic nitrogens is 2. The summed E-state index contributed by atoms with van der Waals surface area (Å²) >= 11 is 0. The van der Waals surface area contributed by atoms with Gasteiger partial charge in [0.2, 0.25) is 0 Å². The van der Waals surface area contributed by atoms with E-state index in [1.54, 1.807) is 12.3 Å². The standard InChI is InChI=1S/C11H9FN2O3/c12-8-6-7(10(15)11(16)17)2-3-9(8)14-5-1-4-13-14/h1-6,10,15H,(H,16,17). The van der Waals surface area contributed by atoms with Crippen LogP contribution in [0.25, 0.3) is 5.69 Å². The van der Waals surface area contributed by atoms with Gasteiger partial charge >= 0.3 is 5.97 Å². The number of nitrogens with zero attached hydrogens (tertiary/aromatic N) is 2. The summed E-state index contributed by atoms with van der Waals surface area (Å²) in [5.74, 6) is -2.07. The van der Waals surface area contributed by atoms with Crippen molar-refractivity contribution < 1.29 is 19.4 Å². The Kier molecular flexibility index (Phi) is 2.88. The zero-order valence-corrected chi connectivity index (χ0v) is 8.62. The van der Waals surface area contributed by atoms with E-state index in [2.05, 4.69) is 5.10 Å². The van der Waals surface area contributed by atoms with Crippen molar-refractivity contribution in [3.05, 3.63) is 48.0 Å². The number of aliphatic carboxylic acids is 1. The molecule has 0 saturated heterocycles. The van der Waals surface area contributed by atoms with Crippen molar-refractivity contribution in [2.24, 2.45) is 0 Å². The SMILES string of the molecule is O=C(O)C(O)c1ccc(-n2cccn2)c(F)c1. The molecule has 0 bridgehead atoms. The maximum atomic E-state index is 13.7. The van der Waals surface area contributed by atoms with Crippen LogP contribution >= 0.6 is 0 Å². The second kappa shape index (κ2) is 4.34. The minimum Gasteiger partial charge on any atom is -0.479 e. The van der Waals surface area contributed by atoms with Gasteiger partial charge in [-0.2, -0.15) is 5.10 Å². The number of hydrogen-bond acceptors (Lipinski definition) is 3. The van der Waals surface area contributed by atoms with Crippen LogP contribution in [0.2, 0.25) is 0 Å². The van der Waals surface area contributed by atoms with Crippen molar-refractivity contribution in [2.75, 3.05) is 0 Å². The summed E-state index contributed by atoms with van der Waals surface area (Å²) in [4.78, 5) is 10.5. The molecule has 17 heavy (non-hydrogen) atoms. The third-order valence-corrected chi connectivity index (χ3v) is 2.27. The molecule has 2 rings (SSSR count). The van der Waals surface area contributed by atoms with Gasteiger partial charge in [0.15, 0.2) is 6.10 Å². The van der Waals surface area contributed by atoms with Crippen LogP contribution in [0.15, 0.2) is 36.7 Å². The van der Waals surface area contributed by atoms with E-state index in [0.29, 0.717) is 0 Å². The first kappa shape index (κ1) is 11.3. The highest BCUT2D eigenvalue weighted by Gasteiger charge is 2.17. The van der Waals surface area contributed by atoms with Gasteiger partial charge in [0.05, 0.1) is 0 Å². The molecule has 0 aliphatic heterocycles. The Bertz CT molecular complexity index is 540. The number of aliphatic hydroxyl groups is 1. The van der Waals surface area contributed by atoms with Gasteiger partial charge in [-0.3, -0.25) is 0 Å². The summed E-state index contributed by atoms with van der Waals surface area (Å²) in [7, 11) is 0. The summed E-state index contributed by atoms with van der Waals surface area (Å²) < 4.78 is 15.0. The molecule has 0 amide bonds. The molecular formula is C11H9FN2O3. The van der Waals surface area contributed by atoms with Crippen LogP contribution in [0.3, 0.4) is 0 Å². The Labute approximate surface area is 95.7 Å². The van der Waals surface area contributed by atoms with Crippen molar-refractivity contribution in [1.29, 1.82) is 0 Å². The largest absolute Gasteiger partial charge is 0.479 e. The van der Waals surface area contributed by atoms with Gasteiger partial charge in [0, 0.05) is 12.4 Å². The summed E-state index contributed by atoms with van der Waals surface area (Å²) in [6, 6.07) is 5.33. The zero-order valence-electron chi connectivity index (χ0n) is 8.62. The minimum absolute atomic E-state index is 0.00842. The van der Waals surface area contributed by atoms with E-state index < -0.39 is 17.9 Å². The smallest absolute Gasteiger partial charge is 0.337 e. The number of rotatable bonds is 3.